The second-order valence-corrected chi connectivity index (χ2v) is 4.06. The normalized spacial score (nSPS) is 25.6. The van der Waals surface area contributed by atoms with E-state index in [1.807, 2.05) is 6.07 Å². The van der Waals surface area contributed by atoms with Crippen LogP contribution in [0.15, 0.2) is 18.2 Å². The van der Waals surface area contributed by atoms with Crippen LogP contribution in [0.2, 0.25) is 0 Å². The Morgan fingerprint density at radius 3 is 2.86 bits per heavy atom. The summed E-state index contributed by atoms with van der Waals surface area (Å²) in [7, 11) is 1.71. The first-order chi connectivity index (χ1) is 6.70. The van der Waals surface area contributed by atoms with Gasteiger partial charge in [0, 0.05) is 12.1 Å². The third-order valence-corrected chi connectivity index (χ3v) is 2.88. The molecule has 1 N–H and O–H groups in total. The molecular weight excluding hydrogens is 174 g/mol. The fourth-order valence-corrected chi connectivity index (χ4v) is 2.19. The molecule has 0 bridgehead atoms. The molecule has 0 aliphatic carbocycles. The van der Waals surface area contributed by atoms with Crippen LogP contribution >= 0.6 is 0 Å². The Hall–Kier alpha value is -1.02. The summed E-state index contributed by atoms with van der Waals surface area (Å²) in [6.07, 6.45) is 1.11. The van der Waals surface area contributed by atoms with Gasteiger partial charge < -0.3 is 10.1 Å². The molecule has 76 valence electrons. The average Bonchev–Trinajstić information content (AvgIpc) is 2.17. The van der Waals surface area contributed by atoms with E-state index in [4.69, 9.17) is 4.74 Å². The fraction of sp³-hybridized carbons (Fsp3) is 0.500. The van der Waals surface area contributed by atoms with Gasteiger partial charge in [-0.05, 0) is 43.5 Å². The van der Waals surface area contributed by atoms with Crippen molar-refractivity contribution in [2.45, 2.75) is 32.4 Å². The Bertz CT molecular complexity index is 335. The molecule has 1 aliphatic heterocycles. The highest BCUT2D eigenvalue weighted by molar-refractivity contribution is 5.39. The van der Waals surface area contributed by atoms with Gasteiger partial charge in [-0.15, -0.1) is 0 Å². The molecule has 0 saturated heterocycles. The predicted molar refractivity (Wildman–Crippen MR) is 57.7 cm³/mol. The first-order valence-corrected chi connectivity index (χ1v) is 5.13. The minimum atomic E-state index is 0.434. The van der Waals surface area contributed by atoms with Crippen molar-refractivity contribution in [2.24, 2.45) is 0 Å². The lowest BCUT2D eigenvalue weighted by Crippen LogP contribution is -2.35. The Morgan fingerprint density at radius 1 is 1.36 bits per heavy atom. The molecule has 2 rings (SSSR count). The summed E-state index contributed by atoms with van der Waals surface area (Å²) in [4.78, 5) is 0. The number of benzene rings is 1. The molecule has 2 atom stereocenters. The maximum atomic E-state index is 5.23. The van der Waals surface area contributed by atoms with Crippen LogP contribution in [0.4, 0.5) is 0 Å². The van der Waals surface area contributed by atoms with Crippen LogP contribution in [-0.2, 0) is 6.42 Å². The molecule has 0 amide bonds. The number of hydrogen-bond acceptors (Lipinski definition) is 2. The van der Waals surface area contributed by atoms with E-state index >= 15 is 0 Å². The quantitative estimate of drug-likeness (QED) is 0.735. The van der Waals surface area contributed by atoms with Crippen LogP contribution in [-0.4, -0.2) is 13.2 Å². The molecule has 1 heterocycles. The maximum absolute atomic E-state index is 5.23. The lowest BCUT2D eigenvalue weighted by atomic mass is 9.91. The molecule has 2 heteroatoms. The smallest absolute Gasteiger partial charge is 0.119 e. The second kappa shape index (κ2) is 3.62. The summed E-state index contributed by atoms with van der Waals surface area (Å²) < 4.78 is 5.23. The third-order valence-electron chi connectivity index (χ3n) is 2.88. The second-order valence-electron chi connectivity index (χ2n) is 4.06. The Labute approximate surface area is 85.3 Å². The van der Waals surface area contributed by atoms with Crippen molar-refractivity contribution < 1.29 is 4.74 Å². The third kappa shape index (κ3) is 1.62. The number of fused-ring (bicyclic) bond motifs is 1. The molecule has 0 aromatic heterocycles. The lowest BCUT2D eigenvalue weighted by Gasteiger charge is -2.29. The fourth-order valence-electron chi connectivity index (χ4n) is 2.19. The van der Waals surface area contributed by atoms with Crippen molar-refractivity contribution in [3.63, 3.8) is 0 Å². The zero-order chi connectivity index (χ0) is 10.1. The molecule has 1 aromatic rings. The summed E-state index contributed by atoms with van der Waals surface area (Å²) in [5.74, 6) is 0.951. The van der Waals surface area contributed by atoms with Gasteiger partial charge in [0.15, 0.2) is 0 Å². The topological polar surface area (TPSA) is 21.3 Å². The Morgan fingerprint density at radius 2 is 2.14 bits per heavy atom. The van der Waals surface area contributed by atoms with Gasteiger partial charge in [0.25, 0.3) is 0 Å². The summed E-state index contributed by atoms with van der Waals surface area (Å²) in [6.45, 7) is 4.43. The predicted octanol–water partition coefficient (Wildman–Crippen LogP) is 2.29. The van der Waals surface area contributed by atoms with Crippen molar-refractivity contribution in [3.8, 4) is 5.75 Å². The zero-order valence-corrected chi connectivity index (χ0v) is 9.00. The molecule has 1 aliphatic rings. The largest absolute Gasteiger partial charge is 0.497 e. The number of nitrogens with one attached hydrogen (secondary N) is 1. The highest BCUT2D eigenvalue weighted by atomic mass is 16.5. The summed E-state index contributed by atoms with van der Waals surface area (Å²) in [5.41, 5.74) is 2.83. The van der Waals surface area contributed by atoms with Crippen LogP contribution in [0.3, 0.4) is 0 Å². The molecule has 0 spiro atoms. The Balaban J connectivity index is 2.39. The number of ether oxygens (including phenoxy) is 1. The van der Waals surface area contributed by atoms with E-state index in [0.29, 0.717) is 12.1 Å². The molecular formula is C12H17NO. The van der Waals surface area contributed by atoms with E-state index in [0.717, 1.165) is 12.2 Å². The van der Waals surface area contributed by atoms with Gasteiger partial charge in [0.05, 0.1) is 7.11 Å². The molecule has 0 saturated carbocycles. The van der Waals surface area contributed by atoms with Crippen molar-refractivity contribution in [3.05, 3.63) is 29.3 Å². The summed E-state index contributed by atoms with van der Waals surface area (Å²) in [5, 5.41) is 3.53. The van der Waals surface area contributed by atoms with Gasteiger partial charge in [-0.1, -0.05) is 6.07 Å². The van der Waals surface area contributed by atoms with Crippen LogP contribution < -0.4 is 10.1 Å². The van der Waals surface area contributed by atoms with Crippen LogP contribution in [0.1, 0.15) is 31.0 Å². The highest BCUT2D eigenvalue weighted by Gasteiger charge is 2.20. The van der Waals surface area contributed by atoms with Crippen LogP contribution in [0.5, 0.6) is 5.75 Å². The molecule has 0 fully saturated rings. The van der Waals surface area contributed by atoms with Crippen LogP contribution in [0.25, 0.3) is 0 Å². The minimum absolute atomic E-state index is 0.434. The van der Waals surface area contributed by atoms with Crippen molar-refractivity contribution in [2.75, 3.05) is 7.11 Å². The first kappa shape index (κ1) is 9.53. The van der Waals surface area contributed by atoms with E-state index in [2.05, 4.69) is 31.3 Å². The van der Waals surface area contributed by atoms with Crippen LogP contribution in [0, 0.1) is 0 Å². The maximum Gasteiger partial charge on any atom is 0.119 e. The zero-order valence-electron chi connectivity index (χ0n) is 9.00. The van der Waals surface area contributed by atoms with Crippen molar-refractivity contribution in [1.29, 1.82) is 0 Å². The molecule has 0 radical (unpaired) electrons. The number of methoxy groups -OCH3 is 1. The van der Waals surface area contributed by atoms with Gasteiger partial charge in [-0.2, -0.15) is 0 Å². The number of hydrogen-bond donors (Lipinski definition) is 1. The SMILES string of the molecule is COc1ccc2c(c1)C(C)NC(C)C2. The monoisotopic (exact) mass is 191 g/mol. The highest BCUT2D eigenvalue weighted by Crippen LogP contribution is 2.28. The summed E-state index contributed by atoms with van der Waals surface area (Å²) >= 11 is 0. The van der Waals surface area contributed by atoms with E-state index in [1.165, 1.54) is 11.1 Å². The van der Waals surface area contributed by atoms with E-state index < -0.39 is 0 Å². The van der Waals surface area contributed by atoms with Gasteiger partial charge in [0.2, 0.25) is 0 Å². The number of rotatable bonds is 1. The first-order valence-electron chi connectivity index (χ1n) is 5.13. The van der Waals surface area contributed by atoms with Crippen molar-refractivity contribution >= 4 is 0 Å². The van der Waals surface area contributed by atoms with Gasteiger partial charge in [0.1, 0.15) is 5.75 Å². The van der Waals surface area contributed by atoms with Gasteiger partial charge in [-0.25, -0.2) is 0 Å². The molecule has 14 heavy (non-hydrogen) atoms. The van der Waals surface area contributed by atoms with Crippen molar-refractivity contribution in [1.82, 2.24) is 5.32 Å². The van der Waals surface area contributed by atoms with Gasteiger partial charge >= 0.3 is 0 Å². The molecule has 2 unspecified atom stereocenters. The van der Waals surface area contributed by atoms with E-state index in [9.17, 15) is 0 Å². The summed E-state index contributed by atoms with van der Waals surface area (Å²) in [6, 6.07) is 7.37. The van der Waals surface area contributed by atoms with E-state index in [1.54, 1.807) is 7.11 Å². The molecule has 1 aromatic carbocycles. The van der Waals surface area contributed by atoms with Gasteiger partial charge in [-0.3, -0.25) is 0 Å². The average molecular weight is 191 g/mol. The minimum Gasteiger partial charge on any atom is -0.497 e. The Kier molecular flexibility index (Phi) is 2.46. The standard InChI is InChI=1S/C12H17NO/c1-8-6-10-4-5-11(14-3)7-12(10)9(2)13-8/h4-5,7-9,13H,6H2,1-3H3. The lowest BCUT2D eigenvalue weighted by molar-refractivity contribution is 0.407. The molecule has 2 nitrogen and oxygen atoms in total. The van der Waals surface area contributed by atoms with E-state index in [-0.39, 0.29) is 0 Å².